The van der Waals surface area contributed by atoms with Crippen LogP contribution in [0.2, 0.25) is 0 Å². The molecule has 0 bridgehead atoms. The second kappa shape index (κ2) is 10.3. The Kier molecular flexibility index (Phi) is 9.11. The first-order valence-corrected chi connectivity index (χ1v) is 8.71. The molecular formula is C16H32IN5O2. The van der Waals surface area contributed by atoms with Crippen LogP contribution in [0.25, 0.3) is 0 Å². The van der Waals surface area contributed by atoms with Crippen LogP contribution in [-0.2, 0) is 4.74 Å². The number of carbonyl (C=O) groups is 1. The van der Waals surface area contributed by atoms with Crippen molar-refractivity contribution in [3.63, 3.8) is 0 Å². The Morgan fingerprint density at radius 3 is 2.54 bits per heavy atom. The van der Waals surface area contributed by atoms with Gasteiger partial charge in [-0.2, -0.15) is 0 Å². The van der Waals surface area contributed by atoms with E-state index >= 15 is 0 Å². The SMILES string of the molecule is CCOC(=O)N1CCC(NC(N)=NCC(C)N(C)C2CC2)CC1.I. The van der Waals surface area contributed by atoms with E-state index in [2.05, 4.69) is 29.2 Å². The van der Waals surface area contributed by atoms with Crippen molar-refractivity contribution in [2.75, 3.05) is 33.3 Å². The van der Waals surface area contributed by atoms with Crippen molar-refractivity contribution < 1.29 is 9.53 Å². The molecule has 1 saturated heterocycles. The molecule has 7 nitrogen and oxygen atoms in total. The first kappa shape index (κ1) is 21.3. The van der Waals surface area contributed by atoms with Crippen LogP contribution in [0.1, 0.15) is 39.5 Å². The van der Waals surface area contributed by atoms with Crippen LogP contribution in [-0.4, -0.2) is 73.3 Å². The van der Waals surface area contributed by atoms with E-state index in [1.165, 1.54) is 12.8 Å². The Balaban J connectivity index is 0.00000288. The molecule has 0 radical (unpaired) electrons. The summed E-state index contributed by atoms with van der Waals surface area (Å²) in [6, 6.07) is 1.43. The maximum Gasteiger partial charge on any atom is 0.409 e. The summed E-state index contributed by atoms with van der Waals surface area (Å²) in [5.74, 6) is 0.510. The summed E-state index contributed by atoms with van der Waals surface area (Å²) in [7, 11) is 2.16. The fourth-order valence-electron chi connectivity index (χ4n) is 2.88. The topological polar surface area (TPSA) is 83.2 Å². The molecule has 0 aromatic carbocycles. The van der Waals surface area contributed by atoms with Gasteiger partial charge in [-0.15, -0.1) is 24.0 Å². The number of nitrogens with one attached hydrogen (secondary N) is 1. The maximum atomic E-state index is 11.7. The average molecular weight is 453 g/mol. The molecule has 24 heavy (non-hydrogen) atoms. The summed E-state index contributed by atoms with van der Waals surface area (Å²) in [6.45, 7) is 6.55. The zero-order chi connectivity index (χ0) is 16.8. The highest BCUT2D eigenvalue weighted by atomic mass is 127. The number of guanidine groups is 1. The van der Waals surface area contributed by atoms with Crippen molar-refractivity contribution in [3.8, 4) is 0 Å². The van der Waals surface area contributed by atoms with E-state index in [1.807, 2.05) is 6.92 Å². The fourth-order valence-corrected chi connectivity index (χ4v) is 2.88. The van der Waals surface area contributed by atoms with Crippen LogP contribution >= 0.6 is 24.0 Å². The third kappa shape index (κ3) is 6.62. The Labute approximate surface area is 162 Å². The van der Waals surface area contributed by atoms with Gasteiger partial charge >= 0.3 is 6.09 Å². The number of aliphatic imine (C=N–C) groups is 1. The number of rotatable bonds is 6. The van der Waals surface area contributed by atoms with E-state index in [-0.39, 0.29) is 36.1 Å². The lowest BCUT2D eigenvalue weighted by molar-refractivity contribution is 0.0963. The lowest BCUT2D eigenvalue weighted by atomic mass is 10.1. The molecular weight excluding hydrogens is 421 g/mol. The van der Waals surface area contributed by atoms with E-state index in [9.17, 15) is 4.79 Å². The Morgan fingerprint density at radius 2 is 2.00 bits per heavy atom. The number of carbonyl (C=O) groups excluding carboxylic acids is 1. The molecule has 1 saturated carbocycles. The number of piperidine rings is 1. The number of halogens is 1. The molecule has 0 aromatic rings. The molecule has 2 aliphatic rings. The molecule has 1 aliphatic carbocycles. The molecule has 1 heterocycles. The monoisotopic (exact) mass is 453 g/mol. The summed E-state index contributed by atoms with van der Waals surface area (Å²) >= 11 is 0. The van der Waals surface area contributed by atoms with Gasteiger partial charge in [-0.3, -0.25) is 9.89 Å². The summed E-state index contributed by atoms with van der Waals surface area (Å²) in [5, 5.41) is 3.28. The third-order valence-electron chi connectivity index (χ3n) is 4.72. The highest BCUT2D eigenvalue weighted by Crippen LogP contribution is 2.26. The van der Waals surface area contributed by atoms with Crippen LogP contribution < -0.4 is 11.1 Å². The van der Waals surface area contributed by atoms with Gasteiger partial charge in [0.15, 0.2) is 5.96 Å². The van der Waals surface area contributed by atoms with E-state index in [1.54, 1.807) is 4.90 Å². The summed E-state index contributed by atoms with van der Waals surface area (Å²) in [5.41, 5.74) is 6.00. The highest BCUT2D eigenvalue weighted by molar-refractivity contribution is 14.0. The largest absolute Gasteiger partial charge is 0.450 e. The normalized spacial score (nSPS) is 20.5. The van der Waals surface area contributed by atoms with Gasteiger partial charge in [0.25, 0.3) is 0 Å². The van der Waals surface area contributed by atoms with Crippen LogP contribution in [0.4, 0.5) is 4.79 Å². The molecule has 8 heteroatoms. The number of hydrogen-bond acceptors (Lipinski definition) is 4. The molecule has 0 spiro atoms. The maximum absolute atomic E-state index is 11.7. The third-order valence-corrected chi connectivity index (χ3v) is 4.72. The molecule has 2 fully saturated rings. The summed E-state index contributed by atoms with van der Waals surface area (Å²) < 4.78 is 5.02. The van der Waals surface area contributed by atoms with Crippen LogP contribution in [0, 0.1) is 0 Å². The second-order valence-corrected chi connectivity index (χ2v) is 6.58. The standard InChI is InChI=1S/C16H31N5O2.HI/c1-4-23-16(22)21-9-7-13(8-10-21)19-15(17)18-11-12(2)20(3)14-5-6-14;/h12-14H,4-11H2,1-3H3,(H3,17,18,19);1H. The fraction of sp³-hybridized carbons (Fsp3) is 0.875. The van der Waals surface area contributed by atoms with E-state index in [0.29, 0.717) is 38.2 Å². The Hall–Kier alpha value is -0.770. The predicted molar refractivity (Wildman–Crippen MR) is 107 cm³/mol. The number of likely N-dealkylation sites (tertiary alicyclic amines) is 1. The van der Waals surface area contributed by atoms with Crippen LogP contribution in [0.15, 0.2) is 4.99 Å². The zero-order valence-corrected chi connectivity index (χ0v) is 17.4. The van der Waals surface area contributed by atoms with Crippen molar-refractivity contribution in [2.45, 2.75) is 57.7 Å². The molecule has 1 aliphatic heterocycles. The Morgan fingerprint density at radius 1 is 1.38 bits per heavy atom. The van der Waals surface area contributed by atoms with E-state index in [4.69, 9.17) is 10.5 Å². The van der Waals surface area contributed by atoms with Gasteiger partial charge < -0.3 is 20.7 Å². The number of likely N-dealkylation sites (N-methyl/N-ethyl adjacent to an activating group) is 1. The number of amides is 1. The lowest BCUT2D eigenvalue weighted by Crippen LogP contribution is -2.48. The van der Waals surface area contributed by atoms with Gasteiger partial charge in [0, 0.05) is 31.2 Å². The molecule has 2 rings (SSSR count). The highest BCUT2D eigenvalue weighted by Gasteiger charge is 2.29. The molecule has 3 N–H and O–H groups in total. The van der Waals surface area contributed by atoms with Crippen LogP contribution in [0.5, 0.6) is 0 Å². The average Bonchev–Trinajstić information content (AvgIpc) is 3.37. The van der Waals surface area contributed by atoms with Gasteiger partial charge in [-0.05, 0) is 46.6 Å². The van der Waals surface area contributed by atoms with Crippen molar-refractivity contribution in [1.82, 2.24) is 15.1 Å². The van der Waals surface area contributed by atoms with Gasteiger partial charge in [-0.1, -0.05) is 0 Å². The number of nitrogens with zero attached hydrogens (tertiary/aromatic N) is 3. The minimum Gasteiger partial charge on any atom is -0.450 e. The van der Waals surface area contributed by atoms with Crippen molar-refractivity contribution in [2.24, 2.45) is 10.7 Å². The minimum absolute atomic E-state index is 0. The number of nitrogens with two attached hydrogens (primary N) is 1. The van der Waals surface area contributed by atoms with Gasteiger partial charge in [0.2, 0.25) is 0 Å². The molecule has 0 aromatic heterocycles. The van der Waals surface area contributed by atoms with Gasteiger partial charge in [0.1, 0.15) is 0 Å². The molecule has 1 atom stereocenters. The van der Waals surface area contributed by atoms with Crippen molar-refractivity contribution >= 4 is 36.0 Å². The quantitative estimate of drug-likeness (QED) is 0.363. The molecule has 1 unspecified atom stereocenters. The predicted octanol–water partition coefficient (Wildman–Crippen LogP) is 1.61. The lowest BCUT2D eigenvalue weighted by Gasteiger charge is -2.32. The van der Waals surface area contributed by atoms with Gasteiger partial charge in [-0.25, -0.2) is 4.79 Å². The van der Waals surface area contributed by atoms with Crippen LogP contribution in [0.3, 0.4) is 0 Å². The van der Waals surface area contributed by atoms with E-state index < -0.39 is 0 Å². The first-order chi connectivity index (χ1) is 11.0. The van der Waals surface area contributed by atoms with Gasteiger partial charge in [0.05, 0.1) is 13.2 Å². The number of ether oxygens (including phenoxy) is 1. The smallest absolute Gasteiger partial charge is 0.409 e. The minimum atomic E-state index is -0.218. The summed E-state index contributed by atoms with van der Waals surface area (Å²) in [6.07, 6.45) is 4.12. The molecule has 140 valence electrons. The van der Waals surface area contributed by atoms with Crippen molar-refractivity contribution in [3.05, 3.63) is 0 Å². The molecule has 1 amide bonds. The van der Waals surface area contributed by atoms with Crippen molar-refractivity contribution in [1.29, 1.82) is 0 Å². The number of hydrogen-bond donors (Lipinski definition) is 2. The van der Waals surface area contributed by atoms with E-state index in [0.717, 1.165) is 18.9 Å². The first-order valence-electron chi connectivity index (χ1n) is 8.71. The zero-order valence-electron chi connectivity index (χ0n) is 15.0. The Bertz CT molecular complexity index is 423. The summed E-state index contributed by atoms with van der Waals surface area (Å²) in [4.78, 5) is 20.3. The second-order valence-electron chi connectivity index (χ2n) is 6.58.